The summed E-state index contributed by atoms with van der Waals surface area (Å²) in [6, 6.07) is 13.6. The molecule has 4 amide bonds. The van der Waals surface area contributed by atoms with Gasteiger partial charge in [0.25, 0.3) is 0 Å². The molecule has 7 rings (SSSR count). The molecule has 0 N–H and O–H groups in total. The molecule has 3 aliphatic carbocycles. The number of para-hydroxylation sites is 4. The molecule has 2 bridgehead atoms. The predicted molar refractivity (Wildman–Crippen MR) is 155 cm³/mol. The lowest BCUT2D eigenvalue weighted by Crippen LogP contribution is -2.61. The van der Waals surface area contributed by atoms with Gasteiger partial charge in [-0.2, -0.15) is 0 Å². The van der Waals surface area contributed by atoms with Crippen LogP contribution in [0.3, 0.4) is 0 Å². The van der Waals surface area contributed by atoms with Gasteiger partial charge in [0.1, 0.15) is 11.5 Å². The Labute approximate surface area is 249 Å². The molecule has 0 spiro atoms. The Bertz CT molecular complexity index is 1500. The third kappa shape index (κ3) is 3.74. The van der Waals surface area contributed by atoms with Crippen LogP contribution in [0.4, 0.5) is 11.4 Å². The second kappa shape index (κ2) is 10.4. The molecule has 0 aromatic heterocycles. The number of amides is 4. The highest BCUT2D eigenvalue weighted by molar-refractivity contribution is 6.28. The number of benzene rings is 2. The third-order valence-electron chi connectivity index (χ3n) is 9.49. The molecule has 10 heteroatoms. The van der Waals surface area contributed by atoms with Crippen molar-refractivity contribution >= 4 is 41.0 Å². The largest absolute Gasteiger partial charge is 0.492 e. The molecule has 43 heavy (non-hydrogen) atoms. The Morgan fingerprint density at radius 2 is 1.14 bits per heavy atom. The summed E-state index contributed by atoms with van der Waals surface area (Å²) in [7, 11) is 0. The number of carbonyl (C=O) groups is 5. The molecular formula is C33H34N2O8. The molecule has 2 unspecified atom stereocenters. The molecule has 2 aliphatic heterocycles. The van der Waals surface area contributed by atoms with Gasteiger partial charge in [0.05, 0.1) is 54.9 Å². The van der Waals surface area contributed by atoms with Crippen molar-refractivity contribution in [2.24, 2.45) is 35.0 Å². The van der Waals surface area contributed by atoms with Gasteiger partial charge in [-0.15, -0.1) is 0 Å². The summed E-state index contributed by atoms with van der Waals surface area (Å²) in [5, 5.41) is 0. The first-order chi connectivity index (χ1) is 20.6. The van der Waals surface area contributed by atoms with Crippen LogP contribution in [0.25, 0.3) is 0 Å². The maximum absolute atomic E-state index is 14.4. The number of rotatable bonds is 8. The Balaban J connectivity index is 1.54. The van der Waals surface area contributed by atoms with Crippen LogP contribution in [0.1, 0.15) is 34.6 Å². The van der Waals surface area contributed by atoms with Crippen molar-refractivity contribution in [3.63, 3.8) is 0 Å². The summed E-state index contributed by atoms with van der Waals surface area (Å²) in [5.41, 5.74) is -0.205. The van der Waals surface area contributed by atoms with Gasteiger partial charge in [-0.25, -0.2) is 14.6 Å². The average Bonchev–Trinajstić information content (AvgIpc) is 3.40. The summed E-state index contributed by atoms with van der Waals surface area (Å²) in [6.45, 7) is 9.39. The van der Waals surface area contributed by atoms with Crippen LogP contribution < -0.4 is 19.3 Å². The molecular weight excluding hydrogens is 552 g/mol. The summed E-state index contributed by atoms with van der Waals surface area (Å²) in [6.07, 6.45) is 0. The standard InChI is InChI=1S/C33H34N2O8/c1-6-41-20-15-11-9-13-18(20)34-28(36)23-22-17(4)25(32(40)43-8-3)33(5,26(23)30(34)38)27-24(22)29(37)35(31(27)39)19-14-10-12-16-21(19)42-7-2/h9-16,22-24,26-27H,6-8H2,1-5H3/t22?,23-,24-,26-,27+,33?/m1/s1. The van der Waals surface area contributed by atoms with E-state index in [0.29, 0.717) is 41.7 Å². The lowest BCUT2D eigenvalue weighted by atomic mass is 9.43. The SMILES string of the molecule is CCOC(=O)C1=C(C)C2[C@H]3C(=O)N(c4ccccc4OCC)C(=O)[C@H]3C1(C)[C@H]1C(=O)N(c3ccccc3OCC)C(=O)[C@H]21. The number of anilines is 2. The molecule has 3 fully saturated rings. The normalized spacial score (nSPS) is 29.3. The monoisotopic (exact) mass is 586 g/mol. The number of hydrogen-bond donors (Lipinski definition) is 0. The Morgan fingerprint density at radius 3 is 1.56 bits per heavy atom. The zero-order valence-corrected chi connectivity index (χ0v) is 24.8. The van der Waals surface area contributed by atoms with Crippen LogP contribution >= 0.6 is 0 Å². The fourth-order valence-corrected chi connectivity index (χ4v) is 8.12. The van der Waals surface area contributed by atoms with E-state index in [9.17, 15) is 24.0 Å². The van der Waals surface area contributed by atoms with Crippen molar-refractivity contribution in [1.29, 1.82) is 0 Å². The number of esters is 1. The molecule has 2 aromatic rings. The van der Waals surface area contributed by atoms with Crippen LogP contribution in [0.5, 0.6) is 11.5 Å². The quantitative estimate of drug-likeness (QED) is 0.337. The van der Waals surface area contributed by atoms with E-state index >= 15 is 0 Å². The van der Waals surface area contributed by atoms with E-state index in [1.54, 1.807) is 83.1 Å². The highest BCUT2D eigenvalue weighted by Crippen LogP contribution is 2.69. The lowest BCUT2D eigenvalue weighted by molar-refractivity contribution is -0.155. The highest BCUT2D eigenvalue weighted by Gasteiger charge is 2.77. The van der Waals surface area contributed by atoms with Crippen molar-refractivity contribution in [3.05, 3.63) is 59.7 Å². The topological polar surface area (TPSA) is 120 Å². The maximum atomic E-state index is 14.4. The van der Waals surface area contributed by atoms with Crippen LogP contribution in [0.15, 0.2) is 59.7 Å². The summed E-state index contributed by atoms with van der Waals surface area (Å²) < 4.78 is 17.0. The molecule has 2 saturated heterocycles. The summed E-state index contributed by atoms with van der Waals surface area (Å²) >= 11 is 0. The van der Waals surface area contributed by atoms with Crippen molar-refractivity contribution in [1.82, 2.24) is 0 Å². The number of imide groups is 2. The van der Waals surface area contributed by atoms with E-state index in [0.717, 1.165) is 9.80 Å². The molecule has 2 heterocycles. The van der Waals surface area contributed by atoms with Crippen molar-refractivity contribution in [3.8, 4) is 11.5 Å². The van der Waals surface area contributed by atoms with E-state index in [1.165, 1.54) is 0 Å². The first-order valence-corrected chi connectivity index (χ1v) is 14.7. The average molecular weight is 587 g/mol. The van der Waals surface area contributed by atoms with Crippen LogP contribution in [-0.4, -0.2) is 49.4 Å². The van der Waals surface area contributed by atoms with Gasteiger partial charge in [0.15, 0.2) is 0 Å². The van der Waals surface area contributed by atoms with Crippen molar-refractivity contribution in [2.75, 3.05) is 29.6 Å². The first kappa shape index (κ1) is 28.6. The Kier molecular flexibility index (Phi) is 6.90. The molecule has 224 valence electrons. The van der Waals surface area contributed by atoms with Gasteiger partial charge in [-0.3, -0.25) is 19.2 Å². The highest BCUT2D eigenvalue weighted by atomic mass is 16.5. The molecule has 6 atom stereocenters. The van der Waals surface area contributed by atoms with E-state index in [1.807, 2.05) is 0 Å². The van der Waals surface area contributed by atoms with Crippen LogP contribution in [-0.2, 0) is 28.7 Å². The summed E-state index contributed by atoms with van der Waals surface area (Å²) in [4.78, 5) is 73.4. The van der Waals surface area contributed by atoms with E-state index in [-0.39, 0.29) is 12.2 Å². The minimum atomic E-state index is -1.50. The van der Waals surface area contributed by atoms with Crippen LogP contribution in [0, 0.1) is 35.0 Å². The Hall–Kier alpha value is -4.47. The number of carbonyl (C=O) groups excluding carboxylic acids is 5. The molecule has 5 aliphatic rings. The van der Waals surface area contributed by atoms with Gasteiger partial charge < -0.3 is 14.2 Å². The second-order valence-electron chi connectivity index (χ2n) is 11.4. The van der Waals surface area contributed by atoms with Gasteiger partial charge in [0.2, 0.25) is 23.6 Å². The fourth-order valence-electron chi connectivity index (χ4n) is 8.12. The minimum absolute atomic E-state index is 0.0834. The third-order valence-corrected chi connectivity index (χ3v) is 9.49. The van der Waals surface area contributed by atoms with Crippen molar-refractivity contribution < 1.29 is 38.2 Å². The predicted octanol–water partition coefficient (Wildman–Crippen LogP) is 3.92. The molecule has 0 radical (unpaired) electrons. The first-order valence-electron chi connectivity index (χ1n) is 14.7. The molecule has 2 aromatic carbocycles. The van der Waals surface area contributed by atoms with Gasteiger partial charge in [0, 0.05) is 16.9 Å². The van der Waals surface area contributed by atoms with Gasteiger partial charge >= 0.3 is 5.97 Å². The number of nitrogens with zero attached hydrogens (tertiary/aromatic N) is 2. The van der Waals surface area contributed by atoms with Gasteiger partial charge in [-0.1, -0.05) is 36.8 Å². The maximum Gasteiger partial charge on any atom is 0.334 e. The van der Waals surface area contributed by atoms with Crippen molar-refractivity contribution in [2.45, 2.75) is 34.6 Å². The Morgan fingerprint density at radius 1 is 0.698 bits per heavy atom. The van der Waals surface area contributed by atoms with E-state index in [2.05, 4.69) is 0 Å². The number of ether oxygens (including phenoxy) is 3. The van der Waals surface area contributed by atoms with Gasteiger partial charge in [-0.05, 0) is 52.0 Å². The van der Waals surface area contributed by atoms with Crippen LogP contribution in [0.2, 0.25) is 0 Å². The zero-order chi connectivity index (χ0) is 30.8. The smallest absolute Gasteiger partial charge is 0.334 e. The molecule has 10 nitrogen and oxygen atoms in total. The summed E-state index contributed by atoms with van der Waals surface area (Å²) in [5.74, 6) is -6.84. The fraction of sp³-hybridized carbons (Fsp3) is 0.424. The van der Waals surface area contributed by atoms with E-state index in [4.69, 9.17) is 14.2 Å². The number of allylic oxidation sites excluding steroid dienone is 1. The lowest BCUT2D eigenvalue weighted by Gasteiger charge is -2.55. The molecule has 1 saturated carbocycles. The van der Waals surface area contributed by atoms with E-state index < -0.39 is 64.6 Å². The second-order valence-corrected chi connectivity index (χ2v) is 11.4. The zero-order valence-electron chi connectivity index (χ0n) is 24.8. The minimum Gasteiger partial charge on any atom is -0.492 e. The number of hydrogen-bond acceptors (Lipinski definition) is 8.